The zero-order chi connectivity index (χ0) is 17.2. The molecule has 2 atom stereocenters. The van der Waals surface area contributed by atoms with Crippen LogP contribution < -0.4 is 4.74 Å². The zero-order valence-corrected chi connectivity index (χ0v) is 14.0. The van der Waals surface area contributed by atoms with Gasteiger partial charge < -0.3 is 9.47 Å². The third kappa shape index (κ3) is 1.62. The van der Waals surface area contributed by atoms with Crippen molar-refractivity contribution >= 4 is 22.8 Å². The van der Waals surface area contributed by atoms with Crippen LogP contribution in [0.5, 0.6) is 5.75 Å². The molecular formula is C19H19NO4. The van der Waals surface area contributed by atoms with E-state index < -0.39 is 22.4 Å². The van der Waals surface area contributed by atoms with Gasteiger partial charge in [0, 0.05) is 17.0 Å². The summed E-state index contributed by atoms with van der Waals surface area (Å²) in [5.74, 6) is -0.438. The Balaban J connectivity index is 1.74. The summed E-state index contributed by atoms with van der Waals surface area (Å²) in [5.41, 5.74) is -1.88. The number of para-hydroxylation sites is 1. The molecule has 2 heterocycles. The highest BCUT2D eigenvalue weighted by Gasteiger charge is 2.76. The zero-order valence-electron chi connectivity index (χ0n) is 14.0. The normalized spacial score (nSPS) is 30.4. The summed E-state index contributed by atoms with van der Waals surface area (Å²) in [4.78, 5) is 29.6. The molecule has 0 N–H and O–H groups in total. The Kier molecular flexibility index (Phi) is 2.87. The Labute approximate surface area is 140 Å². The van der Waals surface area contributed by atoms with Gasteiger partial charge in [-0.1, -0.05) is 32.0 Å². The Morgan fingerprint density at radius 3 is 2.58 bits per heavy atom. The van der Waals surface area contributed by atoms with Gasteiger partial charge in [0.1, 0.15) is 5.52 Å². The van der Waals surface area contributed by atoms with Gasteiger partial charge in [-0.3, -0.25) is 9.78 Å². The molecule has 2 aromatic rings. The number of hydrogen-bond donors (Lipinski definition) is 0. The van der Waals surface area contributed by atoms with E-state index in [-0.39, 0.29) is 5.97 Å². The smallest absolute Gasteiger partial charge is 0.356 e. The molecule has 1 aromatic heterocycles. The molecule has 1 aromatic carbocycles. The maximum absolute atomic E-state index is 13.0. The third-order valence-corrected chi connectivity index (χ3v) is 6.21. The molecule has 4 rings (SSSR count). The van der Waals surface area contributed by atoms with E-state index in [0.717, 1.165) is 5.39 Å². The highest BCUT2D eigenvalue weighted by Crippen LogP contribution is 2.65. The fraction of sp³-hybridized carbons (Fsp3) is 0.421. The summed E-state index contributed by atoms with van der Waals surface area (Å²) >= 11 is 0. The molecule has 5 heteroatoms. The summed E-state index contributed by atoms with van der Waals surface area (Å²) in [6.07, 6.45) is 2.77. The second-order valence-electron chi connectivity index (χ2n) is 7.39. The van der Waals surface area contributed by atoms with Crippen LogP contribution in [0, 0.1) is 10.8 Å². The summed E-state index contributed by atoms with van der Waals surface area (Å²) in [5, 5.41) is 0.888. The van der Waals surface area contributed by atoms with E-state index in [1.807, 2.05) is 45.0 Å². The highest BCUT2D eigenvalue weighted by molar-refractivity contribution is 5.96. The monoisotopic (exact) mass is 325 g/mol. The van der Waals surface area contributed by atoms with E-state index in [1.165, 1.54) is 0 Å². The van der Waals surface area contributed by atoms with Crippen LogP contribution in [0.4, 0.5) is 0 Å². The lowest BCUT2D eigenvalue weighted by molar-refractivity contribution is -0.176. The summed E-state index contributed by atoms with van der Waals surface area (Å²) in [6.45, 7) is 5.69. The first-order valence-corrected chi connectivity index (χ1v) is 8.11. The number of aromatic nitrogens is 1. The van der Waals surface area contributed by atoms with Gasteiger partial charge in [-0.25, -0.2) is 4.79 Å². The molecule has 5 nitrogen and oxygen atoms in total. The second kappa shape index (κ2) is 4.56. The van der Waals surface area contributed by atoms with Gasteiger partial charge in [0.2, 0.25) is 5.60 Å². The van der Waals surface area contributed by atoms with Crippen LogP contribution in [0.3, 0.4) is 0 Å². The van der Waals surface area contributed by atoms with Crippen LogP contribution in [0.25, 0.3) is 10.9 Å². The van der Waals surface area contributed by atoms with Crippen LogP contribution in [0.1, 0.15) is 33.6 Å². The first-order chi connectivity index (χ1) is 11.3. The van der Waals surface area contributed by atoms with Gasteiger partial charge in [0.05, 0.1) is 5.41 Å². The number of pyridine rings is 1. The number of ether oxygens (including phenoxy) is 2. The Hall–Kier alpha value is -2.43. The van der Waals surface area contributed by atoms with Gasteiger partial charge in [0.25, 0.3) is 0 Å². The SMILES string of the molecule is CC1(C)[C@@]2(C)CC[C@]1(C(=O)Oc1cccc3cccnc13)OC2=O. The van der Waals surface area contributed by atoms with Gasteiger partial charge in [-0.2, -0.15) is 0 Å². The molecule has 0 spiro atoms. The largest absolute Gasteiger partial charge is 0.446 e. The molecule has 1 saturated carbocycles. The molecule has 0 amide bonds. The second-order valence-corrected chi connectivity index (χ2v) is 7.39. The van der Waals surface area contributed by atoms with Crippen LogP contribution >= 0.6 is 0 Å². The third-order valence-electron chi connectivity index (χ3n) is 6.21. The standard InChI is InChI=1S/C19H19NO4/c1-17(2)18(3)9-10-19(17,24-15(18)21)16(22)23-13-8-4-6-12-7-5-11-20-14(12)13/h4-8,11H,9-10H2,1-3H3/t18-,19+/m0/s1. The lowest BCUT2D eigenvalue weighted by Crippen LogP contribution is -2.50. The van der Waals surface area contributed by atoms with Crippen LogP contribution in [-0.2, 0) is 14.3 Å². The number of carbonyl (C=O) groups is 2. The van der Waals surface area contributed by atoms with Crippen molar-refractivity contribution < 1.29 is 19.1 Å². The van der Waals surface area contributed by atoms with E-state index >= 15 is 0 Å². The van der Waals surface area contributed by atoms with Crippen LogP contribution in [0.15, 0.2) is 36.5 Å². The number of hydrogen-bond acceptors (Lipinski definition) is 5. The molecule has 1 aliphatic heterocycles. The lowest BCUT2D eigenvalue weighted by atomic mass is 9.66. The fourth-order valence-electron chi connectivity index (χ4n) is 4.04. The number of carbonyl (C=O) groups excluding carboxylic acids is 2. The van der Waals surface area contributed by atoms with Crippen molar-refractivity contribution in [2.45, 2.75) is 39.2 Å². The van der Waals surface area contributed by atoms with Crippen molar-refractivity contribution in [3.05, 3.63) is 36.5 Å². The summed E-state index contributed by atoms with van der Waals surface area (Å²) < 4.78 is 11.3. The molecule has 0 radical (unpaired) electrons. The minimum absolute atomic E-state index is 0.313. The maximum Gasteiger partial charge on any atom is 0.356 e. The average Bonchev–Trinajstić information content (AvgIpc) is 2.85. The minimum atomic E-state index is -1.23. The minimum Gasteiger partial charge on any atom is -0.446 e. The molecule has 0 unspecified atom stereocenters. The molecule has 1 aliphatic carbocycles. The Bertz CT molecular complexity index is 869. The van der Waals surface area contributed by atoms with Crippen molar-refractivity contribution in [2.24, 2.45) is 10.8 Å². The summed E-state index contributed by atoms with van der Waals surface area (Å²) in [6, 6.07) is 9.17. The van der Waals surface area contributed by atoms with Crippen molar-refractivity contribution in [1.29, 1.82) is 0 Å². The van der Waals surface area contributed by atoms with Gasteiger partial charge in [-0.05, 0) is 31.9 Å². The highest BCUT2D eigenvalue weighted by atomic mass is 16.6. The molecule has 124 valence electrons. The number of nitrogens with zero attached hydrogens (tertiary/aromatic N) is 1. The van der Waals surface area contributed by atoms with Crippen molar-refractivity contribution in [3.8, 4) is 5.75 Å². The molecule has 2 aliphatic rings. The maximum atomic E-state index is 13.0. The molecule has 2 fully saturated rings. The predicted molar refractivity (Wildman–Crippen MR) is 87.3 cm³/mol. The molecular weight excluding hydrogens is 306 g/mol. The Morgan fingerprint density at radius 2 is 1.92 bits per heavy atom. The van der Waals surface area contributed by atoms with Crippen molar-refractivity contribution in [1.82, 2.24) is 4.98 Å². The number of esters is 2. The first kappa shape index (κ1) is 15.1. The molecule has 2 bridgehead atoms. The van der Waals surface area contributed by atoms with E-state index in [4.69, 9.17) is 9.47 Å². The van der Waals surface area contributed by atoms with Crippen LogP contribution in [0.2, 0.25) is 0 Å². The average molecular weight is 325 g/mol. The van der Waals surface area contributed by atoms with Gasteiger partial charge in [-0.15, -0.1) is 0 Å². The number of rotatable bonds is 2. The topological polar surface area (TPSA) is 65.5 Å². The predicted octanol–water partition coefficient (Wildman–Crippen LogP) is 3.26. The number of fused-ring (bicyclic) bond motifs is 3. The van der Waals surface area contributed by atoms with E-state index in [0.29, 0.717) is 24.1 Å². The summed E-state index contributed by atoms with van der Waals surface area (Å²) in [7, 11) is 0. The first-order valence-electron chi connectivity index (χ1n) is 8.11. The van der Waals surface area contributed by atoms with Crippen LogP contribution in [-0.4, -0.2) is 22.5 Å². The van der Waals surface area contributed by atoms with Crippen molar-refractivity contribution in [3.63, 3.8) is 0 Å². The van der Waals surface area contributed by atoms with Gasteiger partial charge >= 0.3 is 11.9 Å². The van der Waals surface area contributed by atoms with Crippen molar-refractivity contribution in [2.75, 3.05) is 0 Å². The Morgan fingerprint density at radius 1 is 1.17 bits per heavy atom. The fourth-order valence-corrected chi connectivity index (χ4v) is 4.04. The quantitative estimate of drug-likeness (QED) is 0.626. The van der Waals surface area contributed by atoms with E-state index in [1.54, 1.807) is 12.3 Å². The number of benzene rings is 1. The molecule has 24 heavy (non-hydrogen) atoms. The molecule has 1 saturated heterocycles. The lowest BCUT2D eigenvalue weighted by Gasteiger charge is -2.34. The van der Waals surface area contributed by atoms with E-state index in [9.17, 15) is 9.59 Å². The van der Waals surface area contributed by atoms with Gasteiger partial charge in [0.15, 0.2) is 5.75 Å². The van der Waals surface area contributed by atoms with E-state index in [2.05, 4.69) is 4.98 Å².